The third kappa shape index (κ3) is 2.96. The summed E-state index contributed by atoms with van der Waals surface area (Å²) in [6, 6.07) is 9.20. The monoisotopic (exact) mass is 305 g/mol. The summed E-state index contributed by atoms with van der Waals surface area (Å²) < 4.78 is 6.62. The first-order valence-electron chi connectivity index (χ1n) is 5.47. The van der Waals surface area contributed by atoms with E-state index in [9.17, 15) is 4.79 Å². The van der Waals surface area contributed by atoms with Crippen molar-refractivity contribution in [2.75, 3.05) is 0 Å². The maximum atomic E-state index is 11.1. The molecule has 0 radical (unpaired) electrons. The molecule has 0 N–H and O–H groups in total. The zero-order chi connectivity index (χ0) is 13.1. The Balaban J connectivity index is 2.23. The highest BCUT2D eigenvalue weighted by Gasteiger charge is 2.05. The second kappa shape index (κ2) is 5.31. The number of nitrogens with zero attached hydrogens (tertiary/aromatic N) is 1. The van der Waals surface area contributed by atoms with Crippen molar-refractivity contribution in [2.24, 2.45) is 0 Å². The molecule has 0 aliphatic carbocycles. The summed E-state index contributed by atoms with van der Waals surface area (Å²) >= 11 is 3.40. The van der Waals surface area contributed by atoms with Gasteiger partial charge in [0.2, 0.25) is 5.88 Å². The van der Waals surface area contributed by atoms with Gasteiger partial charge in [-0.25, -0.2) is 4.98 Å². The fourth-order valence-corrected chi connectivity index (χ4v) is 1.79. The van der Waals surface area contributed by atoms with Crippen LogP contribution in [0.3, 0.4) is 0 Å². The van der Waals surface area contributed by atoms with Gasteiger partial charge >= 0.3 is 0 Å². The maximum absolute atomic E-state index is 11.1. The Kier molecular flexibility index (Phi) is 3.77. The molecular weight excluding hydrogens is 294 g/mol. The van der Waals surface area contributed by atoms with Crippen LogP contribution in [0.25, 0.3) is 0 Å². The summed E-state index contributed by atoms with van der Waals surface area (Å²) in [6.07, 6.45) is 1.52. The highest BCUT2D eigenvalue weighted by atomic mass is 79.9. The number of aromatic nitrogens is 1. The van der Waals surface area contributed by atoms with Crippen LogP contribution in [0, 0.1) is 6.92 Å². The second-order valence-electron chi connectivity index (χ2n) is 3.95. The average molecular weight is 306 g/mol. The minimum absolute atomic E-state index is 0.00677. The van der Waals surface area contributed by atoms with Gasteiger partial charge in [-0.2, -0.15) is 0 Å². The summed E-state index contributed by atoms with van der Waals surface area (Å²) in [4.78, 5) is 15.2. The van der Waals surface area contributed by atoms with Crippen molar-refractivity contribution in [3.8, 4) is 11.6 Å². The molecule has 0 aliphatic heterocycles. The van der Waals surface area contributed by atoms with Crippen LogP contribution < -0.4 is 4.74 Å². The molecule has 0 saturated heterocycles. The molecule has 0 bridgehead atoms. The largest absolute Gasteiger partial charge is 0.439 e. The molecule has 1 aromatic carbocycles. The van der Waals surface area contributed by atoms with Crippen LogP contribution in [-0.4, -0.2) is 10.8 Å². The van der Waals surface area contributed by atoms with Gasteiger partial charge < -0.3 is 4.74 Å². The number of hydrogen-bond acceptors (Lipinski definition) is 3. The van der Waals surface area contributed by atoms with Crippen molar-refractivity contribution in [3.63, 3.8) is 0 Å². The number of halogens is 1. The van der Waals surface area contributed by atoms with Gasteiger partial charge in [-0.3, -0.25) is 4.79 Å². The molecule has 18 heavy (non-hydrogen) atoms. The first-order valence-corrected chi connectivity index (χ1v) is 6.26. The van der Waals surface area contributed by atoms with E-state index < -0.39 is 0 Å². The lowest BCUT2D eigenvalue weighted by molar-refractivity contribution is 0.101. The van der Waals surface area contributed by atoms with Crippen LogP contribution in [0.5, 0.6) is 11.6 Å². The average Bonchev–Trinajstić information content (AvgIpc) is 2.34. The van der Waals surface area contributed by atoms with E-state index in [1.54, 1.807) is 12.1 Å². The van der Waals surface area contributed by atoms with Crippen molar-refractivity contribution in [2.45, 2.75) is 13.8 Å². The Labute approximate surface area is 114 Å². The minimum atomic E-state index is -0.00677. The summed E-state index contributed by atoms with van der Waals surface area (Å²) in [5.41, 5.74) is 1.60. The van der Waals surface area contributed by atoms with Gasteiger partial charge in [0.15, 0.2) is 5.78 Å². The van der Waals surface area contributed by atoms with Gasteiger partial charge in [-0.05, 0) is 37.6 Å². The lowest BCUT2D eigenvalue weighted by Crippen LogP contribution is -1.95. The summed E-state index contributed by atoms with van der Waals surface area (Å²) in [6.45, 7) is 3.47. The Hall–Kier alpha value is -1.68. The summed E-state index contributed by atoms with van der Waals surface area (Å²) in [5.74, 6) is 1.21. The fraction of sp³-hybridized carbons (Fsp3) is 0.143. The molecule has 0 aliphatic rings. The zero-order valence-electron chi connectivity index (χ0n) is 10.1. The third-order valence-corrected chi connectivity index (χ3v) is 3.00. The molecule has 0 spiro atoms. The molecule has 2 rings (SSSR count). The van der Waals surface area contributed by atoms with Crippen molar-refractivity contribution in [3.05, 3.63) is 52.1 Å². The molecule has 0 amide bonds. The van der Waals surface area contributed by atoms with E-state index in [0.29, 0.717) is 11.4 Å². The topological polar surface area (TPSA) is 39.2 Å². The zero-order valence-corrected chi connectivity index (χ0v) is 11.7. The van der Waals surface area contributed by atoms with E-state index in [1.807, 2.05) is 25.1 Å². The lowest BCUT2D eigenvalue weighted by atomic mass is 10.2. The van der Waals surface area contributed by atoms with Crippen LogP contribution in [0.2, 0.25) is 0 Å². The molecule has 0 fully saturated rings. The van der Waals surface area contributed by atoms with Gasteiger partial charge in [-0.1, -0.05) is 22.0 Å². The molecule has 0 saturated carbocycles. The summed E-state index contributed by atoms with van der Waals surface area (Å²) in [7, 11) is 0. The number of aryl methyl sites for hydroxylation is 1. The minimum Gasteiger partial charge on any atom is -0.439 e. The quantitative estimate of drug-likeness (QED) is 0.800. The Bertz CT molecular complexity index is 579. The number of hydrogen-bond donors (Lipinski definition) is 0. The normalized spacial score (nSPS) is 10.2. The molecule has 92 valence electrons. The SMILES string of the molecule is CC(=O)c1ccc(Oc2cc(Br)ccc2C)nc1. The molecule has 0 atom stereocenters. The number of carbonyl (C=O) groups is 1. The molecular formula is C14H12BrNO2. The van der Waals surface area contributed by atoms with E-state index in [2.05, 4.69) is 20.9 Å². The van der Waals surface area contributed by atoms with Gasteiger partial charge in [-0.15, -0.1) is 0 Å². The first kappa shape index (κ1) is 12.8. The van der Waals surface area contributed by atoms with E-state index in [1.165, 1.54) is 13.1 Å². The van der Waals surface area contributed by atoms with Crippen molar-refractivity contribution >= 4 is 21.7 Å². The molecule has 1 aromatic heterocycles. The van der Waals surface area contributed by atoms with Gasteiger partial charge in [0.25, 0.3) is 0 Å². The first-order chi connectivity index (χ1) is 8.56. The Morgan fingerprint density at radius 1 is 1.28 bits per heavy atom. The number of benzene rings is 1. The van der Waals surface area contributed by atoms with Crippen LogP contribution in [0.4, 0.5) is 0 Å². The van der Waals surface area contributed by atoms with Crippen molar-refractivity contribution < 1.29 is 9.53 Å². The van der Waals surface area contributed by atoms with E-state index >= 15 is 0 Å². The number of pyridine rings is 1. The maximum Gasteiger partial charge on any atom is 0.219 e. The highest BCUT2D eigenvalue weighted by molar-refractivity contribution is 9.10. The van der Waals surface area contributed by atoms with Gasteiger partial charge in [0.1, 0.15) is 5.75 Å². The second-order valence-corrected chi connectivity index (χ2v) is 4.87. The Morgan fingerprint density at radius 3 is 2.67 bits per heavy atom. The predicted octanol–water partition coefficient (Wildman–Crippen LogP) is 4.15. The van der Waals surface area contributed by atoms with Gasteiger partial charge in [0.05, 0.1) is 0 Å². The van der Waals surface area contributed by atoms with E-state index in [0.717, 1.165) is 15.8 Å². The number of Topliss-reactive ketones (excluding diaryl/α,β-unsaturated/α-hetero) is 1. The van der Waals surface area contributed by atoms with Crippen LogP contribution in [-0.2, 0) is 0 Å². The van der Waals surface area contributed by atoms with Gasteiger partial charge in [0, 0.05) is 22.3 Å². The molecule has 3 nitrogen and oxygen atoms in total. The highest BCUT2D eigenvalue weighted by Crippen LogP contribution is 2.27. The van der Waals surface area contributed by atoms with E-state index in [4.69, 9.17) is 4.74 Å². The van der Waals surface area contributed by atoms with Crippen molar-refractivity contribution in [1.29, 1.82) is 0 Å². The standard InChI is InChI=1S/C14H12BrNO2/c1-9-3-5-12(15)7-13(9)18-14-6-4-11(8-16-14)10(2)17/h3-8H,1-2H3. The molecule has 4 heteroatoms. The molecule has 2 aromatic rings. The smallest absolute Gasteiger partial charge is 0.219 e. The molecule has 1 heterocycles. The number of rotatable bonds is 3. The third-order valence-electron chi connectivity index (χ3n) is 2.51. The fourth-order valence-electron chi connectivity index (χ4n) is 1.45. The van der Waals surface area contributed by atoms with Crippen LogP contribution >= 0.6 is 15.9 Å². The number of ether oxygens (including phenoxy) is 1. The van der Waals surface area contributed by atoms with Crippen LogP contribution in [0.1, 0.15) is 22.8 Å². The van der Waals surface area contributed by atoms with E-state index in [-0.39, 0.29) is 5.78 Å². The number of ketones is 1. The predicted molar refractivity (Wildman–Crippen MR) is 73.2 cm³/mol. The van der Waals surface area contributed by atoms with Crippen molar-refractivity contribution in [1.82, 2.24) is 4.98 Å². The summed E-state index contributed by atoms with van der Waals surface area (Å²) in [5, 5.41) is 0. The number of carbonyl (C=O) groups excluding carboxylic acids is 1. The lowest BCUT2D eigenvalue weighted by Gasteiger charge is -2.08. The van der Waals surface area contributed by atoms with Crippen LogP contribution in [0.15, 0.2) is 41.0 Å². The molecule has 0 unspecified atom stereocenters. The Morgan fingerprint density at radius 2 is 2.06 bits per heavy atom.